The molecule has 148 valence electrons. The van der Waals surface area contributed by atoms with Gasteiger partial charge in [-0.05, 0) is 50.0 Å². The maximum absolute atomic E-state index is 10.9. The first-order chi connectivity index (χ1) is 14.2. The lowest BCUT2D eigenvalue weighted by atomic mass is 9.88. The number of aromatic amines is 1. The lowest BCUT2D eigenvalue weighted by Gasteiger charge is -2.26. The number of aliphatic hydroxyl groups is 1. The number of rotatable bonds is 4. The zero-order valence-corrected chi connectivity index (χ0v) is 15.8. The van der Waals surface area contributed by atoms with E-state index in [1.54, 1.807) is 12.4 Å². The summed E-state index contributed by atoms with van der Waals surface area (Å²) in [5.74, 6) is 0.933. The predicted molar refractivity (Wildman–Crippen MR) is 110 cm³/mol. The van der Waals surface area contributed by atoms with E-state index in [0.717, 1.165) is 42.6 Å². The quantitative estimate of drug-likeness (QED) is 0.422. The fraction of sp³-hybridized carbons (Fsp3) is 0.286. The number of piperidine rings is 1. The number of aliphatic hydroxyl groups excluding tert-OH is 1. The molecule has 5 N–H and O–H groups in total. The number of hydrogen-bond acceptors (Lipinski definition) is 7. The second kappa shape index (κ2) is 7.31. The second-order valence-electron chi connectivity index (χ2n) is 7.36. The average Bonchev–Trinajstić information content (AvgIpc) is 3.41. The van der Waals surface area contributed by atoms with Gasteiger partial charge in [0.2, 0.25) is 5.89 Å². The third kappa shape index (κ3) is 3.26. The predicted octanol–water partition coefficient (Wildman–Crippen LogP) is 2.90. The summed E-state index contributed by atoms with van der Waals surface area (Å²) in [6.45, 7) is 1.82. The molecule has 4 aromatic rings. The van der Waals surface area contributed by atoms with Gasteiger partial charge >= 0.3 is 0 Å². The Hall–Kier alpha value is -3.23. The van der Waals surface area contributed by atoms with Gasteiger partial charge in [0.1, 0.15) is 17.4 Å². The molecule has 8 nitrogen and oxygen atoms in total. The van der Waals surface area contributed by atoms with Gasteiger partial charge in [0.25, 0.3) is 0 Å². The van der Waals surface area contributed by atoms with Crippen LogP contribution in [0.2, 0.25) is 0 Å². The van der Waals surface area contributed by atoms with Crippen LogP contribution in [0.25, 0.3) is 33.7 Å². The molecule has 1 fully saturated rings. The first kappa shape index (κ1) is 17.8. The van der Waals surface area contributed by atoms with Crippen molar-refractivity contribution in [2.24, 2.45) is 5.92 Å². The number of nitrogens with one attached hydrogen (secondary N) is 2. The van der Waals surface area contributed by atoms with E-state index in [2.05, 4.69) is 25.5 Å². The van der Waals surface area contributed by atoms with E-state index in [4.69, 9.17) is 10.2 Å². The molecule has 4 heterocycles. The van der Waals surface area contributed by atoms with Crippen LogP contribution in [-0.4, -0.2) is 38.4 Å². The average molecular weight is 390 g/mol. The Labute approximate surface area is 167 Å². The van der Waals surface area contributed by atoms with Gasteiger partial charge in [0, 0.05) is 23.5 Å². The summed E-state index contributed by atoms with van der Waals surface area (Å²) in [4.78, 5) is 8.87. The number of benzene rings is 1. The number of para-hydroxylation sites is 2. The number of pyridine rings is 1. The van der Waals surface area contributed by atoms with Crippen LogP contribution in [-0.2, 0) is 0 Å². The molecule has 29 heavy (non-hydrogen) atoms. The number of hydrogen-bond donors (Lipinski definition) is 4. The van der Waals surface area contributed by atoms with Crippen LogP contribution >= 0.6 is 0 Å². The smallest absolute Gasteiger partial charge is 0.231 e. The standard InChI is InChI=1S/C21H22N6O2/c22-20-14(21-26-16-3-1-2-4-17(16)29-21)9-13(10-24-20)15-11-25-27-18(15)19(28)12-5-7-23-8-6-12/h1-4,9-12,19,23,28H,5-8H2,(H2,22,24)(H,25,27). The minimum absolute atomic E-state index is 0.177. The fourth-order valence-electron chi connectivity index (χ4n) is 3.92. The molecule has 8 heteroatoms. The first-order valence-corrected chi connectivity index (χ1v) is 9.75. The number of H-pyrrole nitrogens is 1. The molecule has 1 unspecified atom stereocenters. The Balaban J connectivity index is 1.53. The van der Waals surface area contributed by atoms with Gasteiger partial charge < -0.3 is 20.6 Å². The monoisotopic (exact) mass is 390 g/mol. The van der Waals surface area contributed by atoms with E-state index in [-0.39, 0.29) is 5.92 Å². The summed E-state index contributed by atoms with van der Waals surface area (Å²) >= 11 is 0. The van der Waals surface area contributed by atoms with Crippen LogP contribution in [0.5, 0.6) is 0 Å². The number of nitrogen functional groups attached to an aromatic ring is 1. The van der Waals surface area contributed by atoms with Gasteiger partial charge in [0.15, 0.2) is 5.58 Å². The lowest BCUT2D eigenvalue weighted by molar-refractivity contribution is 0.0856. The molecule has 0 aliphatic carbocycles. The topological polar surface area (TPSA) is 126 Å². The summed E-state index contributed by atoms with van der Waals surface area (Å²) < 4.78 is 5.87. The molecule has 1 saturated heterocycles. The van der Waals surface area contributed by atoms with Gasteiger partial charge in [-0.15, -0.1) is 0 Å². The number of oxazole rings is 1. The van der Waals surface area contributed by atoms with Crippen molar-refractivity contribution in [3.8, 4) is 22.6 Å². The molecule has 0 bridgehead atoms. The lowest BCUT2D eigenvalue weighted by Crippen LogP contribution is -2.31. The van der Waals surface area contributed by atoms with Crippen LogP contribution in [0, 0.1) is 5.92 Å². The Bertz CT molecular complexity index is 1110. The molecular weight excluding hydrogens is 368 g/mol. The number of anilines is 1. The SMILES string of the molecule is Nc1ncc(-c2c[nH]nc2C(O)C2CCNCC2)cc1-c1nc2ccccc2o1. The molecule has 1 aliphatic rings. The van der Waals surface area contributed by atoms with Crippen LogP contribution in [0.15, 0.2) is 47.1 Å². The van der Waals surface area contributed by atoms with Crippen molar-refractivity contribution >= 4 is 16.9 Å². The third-order valence-electron chi connectivity index (χ3n) is 5.53. The molecule has 1 aromatic carbocycles. The Kier molecular flexibility index (Phi) is 4.49. The van der Waals surface area contributed by atoms with E-state index in [0.29, 0.717) is 28.5 Å². The van der Waals surface area contributed by atoms with E-state index in [1.165, 1.54) is 0 Å². The normalized spacial score (nSPS) is 16.3. The summed E-state index contributed by atoms with van der Waals surface area (Å²) in [5, 5.41) is 21.5. The summed E-state index contributed by atoms with van der Waals surface area (Å²) in [6.07, 6.45) is 4.67. The van der Waals surface area contributed by atoms with Crippen LogP contribution in [0.3, 0.4) is 0 Å². The van der Waals surface area contributed by atoms with Gasteiger partial charge in [-0.3, -0.25) is 5.10 Å². The molecule has 1 aliphatic heterocycles. The van der Waals surface area contributed by atoms with Gasteiger partial charge in [-0.1, -0.05) is 12.1 Å². The highest BCUT2D eigenvalue weighted by molar-refractivity contribution is 5.81. The molecule has 0 amide bonds. The van der Waals surface area contributed by atoms with Gasteiger partial charge in [-0.25, -0.2) is 9.97 Å². The maximum Gasteiger partial charge on any atom is 0.231 e. The van der Waals surface area contributed by atoms with Gasteiger partial charge in [-0.2, -0.15) is 5.10 Å². The van der Waals surface area contributed by atoms with Crippen LogP contribution in [0.1, 0.15) is 24.6 Å². The van der Waals surface area contributed by atoms with E-state index >= 15 is 0 Å². The van der Waals surface area contributed by atoms with Crippen molar-refractivity contribution < 1.29 is 9.52 Å². The summed E-state index contributed by atoms with van der Waals surface area (Å²) in [6, 6.07) is 9.45. The number of nitrogens with two attached hydrogens (primary N) is 1. The highest BCUT2D eigenvalue weighted by Gasteiger charge is 2.27. The van der Waals surface area contributed by atoms with Crippen molar-refractivity contribution in [3.05, 3.63) is 48.4 Å². The third-order valence-corrected chi connectivity index (χ3v) is 5.53. The molecular formula is C21H22N6O2. The fourth-order valence-corrected chi connectivity index (χ4v) is 3.92. The van der Waals surface area contributed by atoms with Crippen molar-refractivity contribution in [1.82, 2.24) is 25.5 Å². The molecule has 1 atom stereocenters. The number of nitrogens with zero attached hydrogens (tertiary/aromatic N) is 3. The van der Waals surface area contributed by atoms with E-state index in [9.17, 15) is 5.11 Å². The molecule has 3 aromatic heterocycles. The number of aromatic nitrogens is 4. The molecule has 5 rings (SSSR count). The van der Waals surface area contributed by atoms with Crippen LogP contribution in [0.4, 0.5) is 5.82 Å². The van der Waals surface area contributed by atoms with Crippen molar-refractivity contribution in [2.75, 3.05) is 18.8 Å². The van der Waals surface area contributed by atoms with Crippen LogP contribution < -0.4 is 11.1 Å². The highest BCUT2D eigenvalue weighted by atomic mass is 16.3. The summed E-state index contributed by atoms with van der Waals surface area (Å²) in [7, 11) is 0. The largest absolute Gasteiger partial charge is 0.436 e. The molecule has 0 spiro atoms. The highest BCUT2D eigenvalue weighted by Crippen LogP contribution is 2.36. The first-order valence-electron chi connectivity index (χ1n) is 9.75. The van der Waals surface area contributed by atoms with Crippen molar-refractivity contribution in [3.63, 3.8) is 0 Å². The second-order valence-corrected chi connectivity index (χ2v) is 7.36. The van der Waals surface area contributed by atoms with E-state index in [1.807, 2.05) is 30.3 Å². The minimum atomic E-state index is -0.635. The zero-order chi connectivity index (χ0) is 19.8. The van der Waals surface area contributed by atoms with Crippen molar-refractivity contribution in [1.29, 1.82) is 0 Å². The maximum atomic E-state index is 10.9. The van der Waals surface area contributed by atoms with Crippen molar-refractivity contribution in [2.45, 2.75) is 18.9 Å². The Morgan fingerprint density at radius 1 is 1.17 bits per heavy atom. The summed E-state index contributed by atoms with van der Waals surface area (Å²) in [5.41, 5.74) is 10.4. The Morgan fingerprint density at radius 2 is 2.00 bits per heavy atom. The molecule has 0 radical (unpaired) electrons. The minimum Gasteiger partial charge on any atom is -0.436 e. The van der Waals surface area contributed by atoms with Gasteiger partial charge in [0.05, 0.1) is 11.3 Å². The Morgan fingerprint density at radius 3 is 2.83 bits per heavy atom. The van der Waals surface area contributed by atoms with E-state index < -0.39 is 6.10 Å². The molecule has 0 saturated carbocycles. The zero-order valence-electron chi connectivity index (χ0n) is 15.8. The number of fused-ring (bicyclic) bond motifs is 1.